The highest BCUT2D eigenvalue weighted by atomic mass is 19.2. The Morgan fingerprint density at radius 1 is 1.28 bits per heavy atom. The van der Waals surface area contributed by atoms with Crippen LogP contribution in [0, 0.1) is 11.6 Å². The van der Waals surface area contributed by atoms with E-state index in [1.165, 1.54) is 6.07 Å². The summed E-state index contributed by atoms with van der Waals surface area (Å²) in [4.78, 5) is 4.14. The highest BCUT2D eigenvalue weighted by Crippen LogP contribution is 2.12. The standard InChI is InChI=1S/C12H13F2N3O/c1-2-15-7-11-16-12(18-17-11)6-8-3-4-9(13)10(14)5-8/h3-5,15H,2,6-7H2,1H3. The quantitative estimate of drug-likeness (QED) is 0.886. The van der Waals surface area contributed by atoms with E-state index in [1.807, 2.05) is 6.92 Å². The molecular weight excluding hydrogens is 240 g/mol. The van der Waals surface area contributed by atoms with E-state index in [9.17, 15) is 8.78 Å². The molecular formula is C12H13F2N3O. The molecule has 0 unspecified atom stereocenters. The topological polar surface area (TPSA) is 51.0 Å². The van der Waals surface area contributed by atoms with Crippen LogP contribution in [-0.4, -0.2) is 16.7 Å². The van der Waals surface area contributed by atoms with Crippen molar-refractivity contribution in [1.29, 1.82) is 0 Å². The molecule has 4 nitrogen and oxygen atoms in total. The summed E-state index contributed by atoms with van der Waals surface area (Å²) in [6.45, 7) is 3.31. The predicted octanol–water partition coefficient (Wildman–Crippen LogP) is 2.05. The molecule has 0 saturated carbocycles. The van der Waals surface area contributed by atoms with Crippen molar-refractivity contribution in [3.8, 4) is 0 Å². The van der Waals surface area contributed by atoms with Gasteiger partial charge in [-0.05, 0) is 24.2 Å². The summed E-state index contributed by atoms with van der Waals surface area (Å²) in [7, 11) is 0. The fourth-order valence-corrected chi connectivity index (χ4v) is 1.49. The van der Waals surface area contributed by atoms with E-state index in [1.54, 1.807) is 0 Å². The van der Waals surface area contributed by atoms with Crippen molar-refractivity contribution in [2.45, 2.75) is 19.9 Å². The maximum Gasteiger partial charge on any atom is 0.231 e. The molecule has 0 amide bonds. The Bertz CT molecular complexity index is 528. The first-order valence-corrected chi connectivity index (χ1v) is 5.65. The van der Waals surface area contributed by atoms with Crippen LogP contribution in [0.3, 0.4) is 0 Å². The van der Waals surface area contributed by atoms with E-state index in [2.05, 4.69) is 15.5 Å². The van der Waals surface area contributed by atoms with Gasteiger partial charge in [0.15, 0.2) is 17.5 Å². The average Bonchev–Trinajstić information content (AvgIpc) is 2.79. The molecule has 2 aromatic rings. The Labute approximate surface area is 103 Å². The maximum absolute atomic E-state index is 13.0. The lowest BCUT2D eigenvalue weighted by atomic mass is 10.1. The van der Waals surface area contributed by atoms with Gasteiger partial charge in [-0.3, -0.25) is 0 Å². The van der Waals surface area contributed by atoms with Crippen LogP contribution in [-0.2, 0) is 13.0 Å². The highest BCUT2D eigenvalue weighted by Gasteiger charge is 2.09. The molecule has 0 saturated heterocycles. The molecule has 0 spiro atoms. The van der Waals surface area contributed by atoms with Crippen molar-refractivity contribution in [3.63, 3.8) is 0 Å². The zero-order chi connectivity index (χ0) is 13.0. The van der Waals surface area contributed by atoms with Crippen LogP contribution in [0.2, 0.25) is 0 Å². The zero-order valence-corrected chi connectivity index (χ0v) is 9.91. The third-order valence-corrected chi connectivity index (χ3v) is 2.38. The Morgan fingerprint density at radius 3 is 2.83 bits per heavy atom. The van der Waals surface area contributed by atoms with E-state index in [-0.39, 0.29) is 6.42 Å². The van der Waals surface area contributed by atoms with Crippen molar-refractivity contribution >= 4 is 0 Å². The van der Waals surface area contributed by atoms with Gasteiger partial charge >= 0.3 is 0 Å². The highest BCUT2D eigenvalue weighted by molar-refractivity contribution is 5.20. The maximum atomic E-state index is 13.0. The Balaban J connectivity index is 2.04. The van der Waals surface area contributed by atoms with Crippen LogP contribution >= 0.6 is 0 Å². The molecule has 1 heterocycles. The van der Waals surface area contributed by atoms with Crippen LogP contribution in [0.15, 0.2) is 22.7 Å². The van der Waals surface area contributed by atoms with Crippen LogP contribution < -0.4 is 5.32 Å². The largest absolute Gasteiger partial charge is 0.339 e. The first kappa shape index (κ1) is 12.6. The van der Waals surface area contributed by atoms with Crippen molar-refractivity contribution in [2.24, 2.45) is 0 Å². The SMILES string of the molecule is CCNCc1noc(Cc2ccc(F)c(F)c2)n1. The molecule has 6 heteroatoms. The van der Waals surface area contributed by atoms with Crippen molar-refractivity contribution in [3.05, 3.63) is 47.1 Å². The van der Waals surface area contributed by atoms with Gasteiger partial charge in [-0.2, -0.15) is 4.98 Å². The molecule has 0 aliphatic heterocycles. The molecule has 0 fully saturated rings. The summed E-state index contributed by atoms with van der Waals surface area (Å²) >= 11 is 0. The first-order chi connectivity index (χ1) is 8.69. The molecule has 0 radical (unpaired) electrons. The molecule has 96 valence electrons. The van der Waals surface area contributed by atoms with E-state index in [4.69, 9.17) is 4.52 Å². The summed E-state index contributed by atoms with van der Waals surface area (Å²) in [5.74, 6) is -0.805. The zero-order valence-electron chi connectivity index (χ0n) is 9.91. The normalized spacial score (nSPS) is 10.8. The van der Waals surface area contributed by atoms with Gasteiger partial charge < -0.3 is 9.84 Å². The number of halogens is 2. The van der Waals surface area contributed by atoms with Crippen LogP contribution in [0.4, 0.5) is 8.78 Å². The lowest BCUT2D eigenvalue weighted by Gasteiger charge is -1.97. The minimum Gasteiger partial charge on any atom is -0.339 e. The molecule has 1 N–H and O–H groups in total. The lowest BCUT2D eigenvalue weighted by molar-refractivity contribution is 0.377. The van der Waals surface area contributed by atoms with Gasteiger partial charge in [0.25, 0.3) is 0 Å². The van der Waals surface area contributed by atoms with E-state index in [0.717, 1.165) is 18.7 Å². The van der Waals surface area contributed by atoms with Gasteiger partial charge in [-0.25, -0.2) is 8.78 Å². The van der Waals surface area contributed by atoms with Crippen molar-refractivity contribution in [2.75, 3.05) is 6.54 Å². The third-order valence-electron chi connectivity index (χ3n) is 2.38. The molecule has 1 aromatic carbocycles. The summed E-state index contributed by atoms with van der Waals surface area (Å²) in [5, 5.41) is 6.84. The number of aromatic nitrogens is 2. The van der Waals surface area contributed by atoms with Gasteiger partial charge in [0.1, 0.15) is 0 Å². The second-order valence-electron chi connectivity index (χ2n) is 3.81. The summed E-state index contributed by atoms with van der Waals surface area (Å²) in [6.07, 6.45) is 0.288. The lowest BCUT2D eigenvalue weighted by Crippen LogP contribution is -2.12. The van der Waals surface area contributed by atoms with Gasteiger partial charge in [0, 0.05) is 0 Å². The summed E-state index contributed by atoms with van der Waals surface area (Å²) < 4.78 is 30.8. The van der Waals surface area contributed by atoms with Crippen molar-refractivity contribution < 1.29 is 13.3 Å². The minimum absolute atomic E-state index is 0.288. The Hall–Kier alpha value is -1.82. The summed E-state index contributed by atoms with van der Waals surface area (Å²) in [6, 6.07) is 3.71. The number of nitrogens with one attached hydrogen (secondary N) is 1. The Kier molecular flexibility index (Phi) is 3.99. The van der Waals surface area contributed by atoms with Gasteiger partial charge in [-0.1, -0.05) is 18.1 Å². The molecule has 1 aromatic heterocycles. The van der Waals surface area contributed by atoms with Gasteiger partial charge in [0.2, 0.25) is 5.89 Å². The second kappa shape index (κ2) is 5.68. The third kappa shape index (κ3) is 3.10. The number of nitrogens with zero attached hydrogens (tertiary/aromatic N) is 2. The molecule has 0 bridgehead atoms. The molecule has 2 rings (SSSR count). The first-order valence-electron chi connectivity index (χ1n) is 5.65. The smallest absolute Gasteiger partial charge is 0.231 e. The van der Waals surface area contributed by atoms with Gasteiger partial charge in [-0.15, -0.1) is 0 Å². The number of benzene rings is 1. The number of hydrogen-bond acceptors (Lipinski definition) is 4. The van der Waals surface area contributed by atoms with Crippen LogP contribution in [0.25, 0.3) is 0 Å². The molecule has 0 aliphatic carbocycles. The van der Waals surface area contributed by atoms with Crippen LogP contribution in [0.5, 0.6) is 0 Å². The van der Waals surface area contributed by atoms with Crippen LogP contribution in [0.1, 0.15) is 24.2 Å². The second-order valence-corrected chi connectivity index (χ2v) is 3.81. The van der Waals surface area contributed by atoms with E-state index >= 15 is 0 Å². The molecule has 0 atom stereocenters. The molecule has 18 heavy (non-hydrogen) atoms. The van der Waals surface area contributed by atoms with E-state index in [0.29, 0.717) is 23.8 Å². The monoisotopic (exact) mass is 253 g/mol. The number of hydrogen-bond donors (Lipinski definition) is 1. The van der Waals surface area contributed by atoms with E-state index < -0.39 is 11.6 Å². The Morgan fingerprint density at radius 2 is 2.11 bits per heavy atom. The molecule has 0 aliphatic rings. The fourth-order valence-electron chi connectivity index (χ4n) is 1.49. The summed E-state index contributed by atoms with van der Waals surface area (Å²) in [5.41, 5.74) is 0.590. The predicted molar refractivity (Wildman–Crippen MR) is 60.8 cm³/mol. The fraction of sp³-hybridized carbons (Fsp3) is 0.333. The number of rotatable bonds is 5. The van der Waals surface area contributed by atoms with Crippen molar-refractivity contribution in [1.82, 2.24) is 15.5 Å². The average molecular weight is 253 g/mol. The minimum atomic E-state index is -0.875. The van der Waals surface area contributed by atoms with Gasteiger partial charge in [0.05, 0.1) is 13.0 Å².